The second-order valence-electron chi connectivity index (χ2n) is 5.51. The Morgan fingerprint density at radius 1 is 1.65 bits per heavy atom. The van der Waals surface area contributed by atoms with Gasteiger partial charge in [0.05, 0.1) is 5.69 Å². The average Bonchev–Trinajstić information content (AvgIpc) is 2.67. The lowest BCUT2D eigenvalue weighted by Gasteiger charge is -2.09. The smallest absolute Gasteiger partial charge is 0.341 e. The van der Waals surface area contributed by atoms with E-state index < -0.39 is 5.97 Å². The summed E-state index contributed by atoms with van der Waals surface area (Å²) in [5.74, 6) is 0.310. The van der Waals surface area contributed by atoms with Gasteiger partial charge in [0.2, 0.25) is 0 Å². The molecule has 0 aliphatic heterocycles. The van der Waals surface area contributed by atoms with Crippen LogP contribution >= 0.6 is 0 Å². The number of rotatable bonds is 4. The van der Waals surface area contributed by atoms with Crippen molar-refractivity contribution in [1.82, 2.24) is 9.78 Å². The second kappa shape index (κ2) is 3.75. The molecule has 1 atom stereocenters. The third-order valence-corrected chi connectivity index (χ3v) is 3.67. The second-order valence-corrected chi connectivity index (χ2v) is 5.51. The van der Waals surface area contributed by atoms with Gasteiger partial charge in [-0.15, -0.1) is 0 Å². The molecule has 0 spiro atoms. The topological polar surface area (TPSA) is 67.2 Å². The number of hydrogen-bond donors (Lipinski definition) is 2. The minimum absolute atomic E-state index is 0.283. The van der Waals surface area contributed by atoms with E-state index >= 15 is 0 Å². The first-order valence-corrected chi connectivity index (χ1v) is 5.83. The minimum Gasteiger partial charge on any atom is -0.477 e. The molecule has 1 fully saturated rings. The van der Waals surface area contributed by atoms with Crippen LogP contribution < -0.4 is 5.32 Å². The van der Waals surface area contributed by atoms with E-state index in [1.54, 1.807) is 18.7 Å². The lowest BCUT2D eigenvalue weighted by Crippen LogP contribution is -2.13. The number of carboxylic acids is 1. The highest BCUT2D eigenvalue weighted by molar-refractivity contribution is 5.94. The summed E-state index contributed by atoms with van der Waals surface area (Å²) in [5, 5.41) is 16.5. The largest absolute Gasteiger partial charge is 0.477 e. The van der Waals surface area contributed by atoms with Crippen LogP contribution in [0.5, 0.6) is 0 Å². The quantitative estimate of drug-likeness (QED) is 0.839. The van der Waals surface area contributed by atoms with Gasteiger partial charge in [0, 0.05) is 13.6 Å². The fraction of sp³-hybridized carbons (Fsp3) is 0.667. The summed E-state index contributed by atoms with van der Waals surface area (Å²) in [4.78, 5) is 11.2. The van der Waals surface area contributed by atoms with Gasteiger partial charge < -0.3 is 10.4 Å². The van der Waals surface area contributed by atoms with Gasteiger partial charge in [-0.25, -0.2) is 4.79 Å². The Morgan fingerprint density at radius 3 is 2.71 bits per heavy atom. The molecule has 1 unspecified atom stereocenters. The lowest BCUT2D eigenvalue weighted by atomic mass is 10.1. The zero-order chi connectivity index (χ0) is 12.8. The molecule has 2 N–H and O–H groups in total. The molecule has 1 heterocycles. The van der Waals surface area contributed by atoms with Crippen molar-refractivity contribution in [2.75, 3.05) is 11.9 Å². The van der Waals surface area contributed by atoms with E-state index in [0.29, 0.717) is 22.8 Å². The van der Waals surface area contributed by atoms with Crippen LogP contribution in [0.2, 0.25) is 0 Å². The van der Waals surface area contributed by atoms with Crippen molar-refractivity contribution in [1.29, 1.82) is 0 Å². The van der Waals surface area contributed by atoms with Crippen LogP contribution in [0.25, 0.3) is 0 Å². The van der Waals surface area contributed by atoms with Crippen molar-refractivity contribution in [3.05, 3.63) is 11.3 Å². The van der Waals surface area contributed by atoms with Gasteiger partial charge in [-0.1, -0.05) is 13.8 Å². The van der Waals surface area contributed by atoms with E-state index in [9.17, 15) is 4.79 Å². The highest BCUT2D eigenvalue weighted by atomic mass is 16.4. The summed E-state index contributed by atoms with van der Waals surface area (Å²) in [6, 6.07) is 0. The summed E-state index contributed by atoms with van der Waals surface area (Å²) in [7, 11) is 1.76. The highest BCUT2D eigenvalue weighted by Crippen LogP contribution is 2.51. The van der Waals surface area contributed by atoms with Crippen molar-refractivity contribution in [2.24, 2.45) is 18.4 Å². The number of aryl methyl sites for hydroxylation is 2. The maximum absolute atomic E-state index is 11.2. The molecule has 0 amide bonds. The van der Waals surface area contributed by atoms with Gasteiger partial charge in [0.15, 0.2) is 0 Å². The molecule has 0 aromatic carbocycles. The number of aromatic carboxylic acids is 1. The van der Waals surface area contributed by atoms with Crippen molar-refractivity contribution in [2.45, 2.75) is 27.2 Å². The number of anilines is 1. The van der Waals surface area contributed by atoms with Gasteiger partial charge >= 0.3 is 5.97 Å². The molecule has 0 bridgehead atoms. The predicted molar refractivity (Wildman–Crippen MR) is 65.3 cm³/mol. The normalized spacial score (nSPS) is 21.3. The van der Waals surface area contributed by atoms with Gasteiger partial charge in [-0.05, 0) is 24.7 Å². The number of nitrogens with one attached hydrogen (secondary N) is 1. The molecular weight excluding hydrogens is 218 g/mol. The van der Waals surface area contributed by atoms with E-state index in [1.807, 2.05) is 0 Å². The summed E-state index contributed by atoms with van der Waals surface area (Å²) in [5.41, 5.74) is 1.23. The van der Waals surface area contributed by atoms with E-state index in [-0.39, 0.29) is 5.56 Å². The Bertz CT molecular complexity index is 463. The van der Waals surface area contributed by atoms with Crippen molar-refractivity contribution >= 4 is 11.8 Å². The summed E-state index contributed by atoms with van der Waals surface area (Å²) in [6.07, 6.45) is 1.19. The fourth-order valence-electron chi connectivity index (χ4n) is 2.26. The average molecular weight is 237 g/mol. The van der Waals surface area contributed by atoms with Crippen LogP contribution in [0, 0.1) is 18.3 Å². The lowest BCUT2D eigenvalue weighted by molar-refractivity contribution is 0.0697. The molecule has 5 nitrogen and oxygen atoms in total. The van der Waals surface area contributed by atoms with Crippen LogP contribution in [0.15, 0.2) is 0 Å². The number of carbonyl (C=O) groups is 1. The zero-order valence-electron chi connectivity index (χ0n) is 10.7. The van der Waals surface area contributed by atoms with Crippen molar-refractivity contribution in [3.63, 3.8) is 0 Å². The molecule has 1 saturated carbocycles. The number of nitrogens with zero attached hydrogens (tertiary/aromatic N) is 2. The fourth-order valence-corrected chi connectivity index (χ4v) is 2.26. The molecule has 5 heteroatoms. The SMILES string of the molecule is Cc1nn(C)c(NCC2CC2(C)C)c1C(=O)O. The first kappa shape index (κ1) is 12.0. The van der Waals surface area contributed by atoms with Crippen LogP contribution in [0.1, 0.15) is 36.3 Å². The van der Waals surface area contributed by atoms with E-state index in [4.69, 9.17) is 5.11 Å². The maximum Gasteiger partial charge on any atom is 0.341 e. The molecular formula is C12H19N3O2. The van der Waals surface area contributed by atoms with Gasteiger partial charge in [-0.2, -0.15) is 5.10 Å². The molecule has 1 aromatic rings. The Balaban J connectivity index is 2.12. The summed E-state index contributed by atoms with van der Waals surface area (Å²) in [6.45, 7) is 6.99. The minimum atomic E-state index is -0.923. The van der Waals surface area contributed by atoms with Crippen molar-refractivity contribution in [3.8, 4) is 0 Å². The molecule has 1 aliphatic carbocycles. The molecule has 94 valence electrons. The summed E-state index contributed by atoms with van der Waals surface area (Å²) < 4.78 is 1.61. The first-order valence-electron chi connectivity index (χ1n) is 5.83. The standard InChI is InChI=1S/C12H19N3O2/c1-7-9(11(16)17)10(15(4)14-7)13-6-8-5-12(8,2)3/h8,13H,5-6H2,1-4H3,(H,16,17). The third kappa shape index (κ3) is 2.14. The molecule has 0 saturated heterocycles. The van der Waals surface area contributed by atoms with E-state index in [2.05, 4.69) is 24.3 Å². The predicted octanol–water partition coefficient (Wildman–Crippen LogP) is 1.88. The monoisotopic (exact) mass is 237 g/mol. The van der Waals surface area contributed by atoms with Crippen LogP contribution in [0.4, 0.5) is 5.82 Å². The van der Waals surface area contributed by atoms with Gasteiger partial charge in [-0.3, -0.25) is 4.68 Å². The van der Waals surface area contributed by atoms with Crippen LogP contribution in [-0.4, -0.2) is 27.4 Å². The van der Waals surface area contributed by atoms with E-state index in [1.165, 1.54) is 6.42 Å². The van der Waals surface area contributed by atoms with Crippen LogP contribution in [0.3, 0.4) is 0 Å². The Labute approximate surface area is 101 Å². The third-order valence-electron chi connectivity index (χ3n) is 3.67. The number of aromatic nitrogens is 2. The van der Waals surface area contributed by atoms with Crippen LogP contribution in [-0.2, 0) is 7.05 Å². The highest BCUT2D eigenvalue weighted by Gasteiger charge is 2.45. The van der Waals surface area contributed by atoms with Gasteiger partial charge in [0.25, 0.3) is 0 Å². The first-order chi connectivity index (χ1) is 7.83. The number of carboxylic acid groups (broad SMARTS) is 1. The van der Waals surface area contributed by atoms with Crippen molar-refractivity contribution < 1.29 is 9.90 Å². The zero-order valence-corrected chi connectivity index (χ0v) is 10.7. The Morgan fingerprint density at radius 2 is 2.24 bits per heavy atom. The maximum atomic E-state index is 11.2. The molecule has 0 radical (unpaired) electrons. The molecule has 1 aliphatic rings. The van der Waals surface area contributed by atoms with Gasteiger partial charge in [0.1, 0.15) is 11.4 Å². The Hall–Kier alpha value is -1.52. The van der Waals surface area contributed by atoms with E-state index in [0.717, 1.165) is 6.54 Å². The molecule has 17 heavy (non-hydrogen) atoms. The number of hydrogen-bond acceptors (Lipinski definition) is 3. The molecule has 2 rings (SSSR count). The summed E-state index contributed by atoms with van der Waals surface area (Å²) >= 11 is 0. The Kier molecular flexibility index (Phi) is 2.64. The molecule has 1 aromatic heterocycles.